The van der Waals surface area contributed by atoms with Crippen LogP contribution in [0.2, 0.25) is 0 Å². The molecular weight excluding hydrogens is 326 g/mol. The van der Waals surface area contributed by atoms with Gasteiger partial charge in [0.1, 0.15) is 24.1 Å². The Balaban J connectivity index is 2.62. The summed E-state index contributed by atoms with van der Waals surface area (Å²) in [5, 5.41) is 40.1. The highest BCUT2D eigenvalue weighted by atomic mass is 16.7. The van der Waals surface area contributed by atoms with E-state index in [0.29, 0.717) is 0 Å². The second-order valence-corrected chi connectivity index (χ2v) is 6.54. The largest absolute Gasteiger partial charge is 0.479 e. The van der Waals surface area contributed by atoms with E-state index in [1.807, 2.05) is 0 Å². The number of carbonyl (C=O) groups is 3. The normalized spacial score (nSPS) is 30.5. The first-order valence-electron chi connectivity index (χ1n) is 7.31. The van der Waals surface area contributed by atoms with E-state index in [4.69, 9.17) is 14.6 Å². The summed E-state index contributed by atoms with van der Waals surface area (Å²) in [7, 11) is 0. The number of aliphatic hydroxyl groups is 3. The third-order valence-corrected chi connectivity index (χ3v) is 3.47. The number of carbonyl (C=O) groups excluding carboxylic acids is 2. The number of ether oxygens (including phenoxy) is 2. The number of amides is 1. The molecule has 0 aromatic heterocycles. The van der Waals surface area contributed by atoms with Crippen molar-refractivity contribution in [1.82, 2.24) is 5.32 Å². The minimum Gasteiger partial charge on any atom is -0.479 e. The first kappa shape index (κ1) is 20.3. The fraction of sp³-hybridized carbons (Fsp3) is 0.786. The average Bonchev–Trinajstić information content (AvgIpc) is 2.44. The van der Waals surface area contributed by atoms with E-state index in [2.05, 4.69) is 5.32 Å². The standard InChI is InChI=1S/C14H23NO9/c1-6(16)4-14(2,3)5-15-13(22)24-12-9(19)7(17)8(18)10(23-12)11(20)21/h7-10,12,17-19H,4-5H2,1-3H3,(H,15,22)(H,20,21)/t7?,8?,9-,10?,12?/m1/s1. The van der Waals surface area contributed by atoms with Crippen molar-refractivity contribution in [3.63, 3.8) is 0 Å². The zero-order chi connectivity index (χ0) is 18.7. The van der Waals surface area contributed by atoms with Crippen molar-refractivity contribution in [2.24, 2.45) is 5.41 Å². The van der Waals surface area contributed by atoms with E-state index in [1.54, 1.807) is 13.8 Å². The number of rotatable bonds is 6. The van der Waals surface area contributed by atoms with Gasteiger partial charge in [-0.25, -0.2) is 9.59 Å². The van der Waals surface area contributed by atoms with Crippen LogP contribution in [0.3, 0.4) is 0 Å². The molecule has 1 heterocycles. The van der Waals surface area contributed by atoms with Crippen LogP contribution in [-0.4, -0.2) is 75.5 Å². The van der Waals surface area contributed by atoms with E-state index in [1.165, 1.54) is 6.92 Å². The highest BCUT2D eigenvalue weighted by Gasteiger charge is 2.48. The van der Waals surface area contributed by atoms with Gasteiger partial charge in [0.15, 0.2) is 6.10 Å². The molecule has 0 saturated carbocycles. The molecule has 1 saturated heterocycles. The number of ketones is 1. The molecule has 1 fully saturated rings. The maximum Gasteiger partial charge on any atom is 0.409 e. The van der Waals surface area contributed by atoms with Crippen molar-refractivity contribution >= 4 is 17.8 Å². The van der Waals surface area contributed by atoms with Gasteiger partial charge in [-0.2, -0.15) is 0 Å². The van der Waals surface area contributed by atoms with Crippen LogP contribution in [0.5, 0.6) is 0 Å². The minimum absolute atomic E-state index is 0.0531. The van der Waals surface area contributed by atoms with Gasteiger partial charge in [-0.05, 0) is 12.3 Å². The van der Waals surface area contributed by atoms with Crippen LogP contribution < -0.4 is 5.32 Å². The molecule has 1 rings (SSSR count). The Morgan fingerprint density at radius 1 is 1.12 bits per heavy atom. The molecule has 0 aliphatic carbocycles. The van der Waals surface area contributed by atoms with Crippen LogP contribution >= 0.6 is 0 Å². The third kappa shape index (κ3) is 5.41. The first-order valence-corrected chi connectivity index (χ1v) is 7.31. The van der Waals surface area contributed by atoms with Crippen LogP contribution in [0.1, 0.15) is 27.2 Å². The zero-order valence-electron chi connectivity index (χ0n) is 13.6. The van der Waals surface area contributed by atoms with Crippen LogP contribution in [-0.2, 0) is 19.1 Å². The summed E-state index contributed by atoms with van der Waals surface area (Å²) in [6, 6.07) is 0. The molecule has 0 radical (unpaired) electrons. The van der Waals surface area contributed by atoms with E-state index in [9.17, 15) is 29.7 Å². The van der Waals surface area contributed by atoms with Gasteiger partial charge in [-0.1, -0.05) is 13.8 Å². The van der Waals surface area contributed by atoms with Gasteiger partial charge < -0.3 is 40.0 Å². The van der Waals surface area contributed by atoms with E-state index >= 15 is 0 Å². The fourth-order valence-electron chi connectivity index (χ4n) is 2.34. The molecule has 10 nitrogen and oxygen atoms in total. The first-order chi connectivity index (χ1) is 10.9. The van der Waals surface area contributed by atoms with Gasteiger partial charge in [0.25, 0.3) is 0 Å². The molecule has 0 spiro atoms. The summed E-state index contributed by atoms with van der Waals surface area (Å²) in [4.78, 5) is 33.8. The van der Waals surface area contributed by atoms with E-state index in [-0.39, 0.29) is 18.7 Å². The molecule has 0 aromatic carbocycles. The van der Waals surface area contributed by atoms with Crippen molar-refractivity contribution in [3.05, 3.63) is 0 Å². The summed E-state index contributed by atoms with van der Waals surface area (Å²) >= 11 is 0. The molecule has 1 aliphatic heterocycles. The number of hydrogen-bond donors (Lipinski definition) is 5. The van der Waals surface area contributed by atoms with Crippen molar-refractivity contribution in [3.8, 4) is 0 Å². The lowest BCUT2D eigenvalue weighted by Gasteiger charge is -2.38. The summed E-state index contributed by atoms with van der Waals surface area (Å²) in [5.74, 6) is -1.63. The molecule has 4 unspecified atom stereocenters. The number of aliphatic carboxylic acids is 1. The Kier molecular flexibility index (Phi) is 6.67. The van der Waals surface area contributed by atoms with Gasteiger partial charge >= 0.3 is 12.1 Å². The lowest BCUT2D eigenvalue weighted by molar-refractivity contribution is -0.278. The van der Waals surface area contributed by atoms with Crippen molar-refractivity contribution in [2.75, 3.05) is 6.54 Å². The molecular formula is C14H23NO9. The Labute approximate surface area is 138 Å². The topological polar surface area (TPSA) is 163 Å². The lowest BCUT2D eigenvalue weighted by Crippen LogP contribution is -2.61. The summed E-state index contributed by atoms with van der Waals surface area (Å²) in [5.41, 5.74) is -0.532. The predicted octanol–water partition coefficient (Wildman–Crippen LogP) is -1.39. The number of carboxylic acid groups (broad SMARTS) is 1. The quantitative estimate of drug-likeness (QED) is 0.388. The van der Waals surface area contributed by atoms with Crippen LogP contribution in [0, 0.1) is 5.41 Å². The van der Waals surface area contributed by atoms with Crippen LogP contribution in [0.15, 0.2) is 0 Å². The lowest BCUT2D eigenvalue weighted by atomic mass is 9.88. The van der Waals surface area contributed by atoms with Gasteiger partial charge in [0.2, 0.25) is 6.29 Å². The minimum atomic E-state index is -1.87. The molecule has 0 aromatic rings. The van der Waals surface area contributed by atoms with Crippen molar-refractivity contribution < 1.29 is 44.3 Å². The Hall–Kier alpha value is -1.75. The maximum atomic E-state index is 11.8. The Morgan fingerprint density at radius 3 is 2.21 bits per heavy atom. The van der Waals surface area contributed by atoms with Crippen LogP contribution in [0.4, 0.5) is 4.79 Å². The van der Waals surface area contributed by atoms with Gasteiger partial charge in [-0.3, -0.25) is 0 Å². The second-order valence-electron chi connectivity index (χ2n) is 6.54. The number of alkyl carbamates (subject to hydrolysis) is 1. The summed E-state index contributed by atoms with van der Waals surface area (Å²) < 4.78 is 9.57. The molecule has 1 aliphatic rings. The third-order valence-electron chi connectivity index (χ3n) is 3.47. The van der Waals surface area contributed by atoms with Gasteiger partial charge in [-0.15, -0.1) is 0 Å². The number of hydrogen-bond acceptors (Lipinski definition) is 8. The summed E-state index contributed by atoms with van der Waals surface area (Å²) in [6.45, 7) is 5.01. The molecule has 24 heavy (non-hydrogen) atoms. The van der Waals surface area contributed by atoms with Gasteiger partial charge in [0.05, 0.1) is 0 Å². The summed E-state index contributed by atoms with van der Waals surface area (Å²) in [6.07, 6.45) is -9.95. The van der Waals surface area contributed by atoms with E-state index < -0.39 is 48.2 Å². The zero-order valence-corrected chi connectivity index (χ0v) is 13.6. The number of carboxylic acids is 1. The van der Waals surface area contributed by atoms with Crippen LogP contribution in [0.25, 0.3) is 0 Å². The highest BCUT2D eigenvalue weighted by Crippen LogP contribution is 2.23. The number of nitrogens with one attached hydrogen (secondary N) is 1. The fourth-order valence-corrected chi connectivity index (χ4v) is 2.34. The molecule has 138 valence electrons. The molecule has 0 bridgehead atoms. The molecule has 1 amide bonds. The Morgan fingerprint density at radius 2 is 1.71 bits per heavy atom. The molecule has 5 atom stereocenters. The van der Waals surface area contributed by atoms with Crippen molar-refractivity contribution in [1.29, 1.82) is 0 Å². The smallest absolute Gasteiger partial charge is 0.409 e. The predicted molar refractivity (Wildman–Crippen MR) is 77.9 cm³/mol. The van der Waals surface area contributed by atoms with Gasteiger partial charge in [0, 0.05) is 13.0 Å². The average molecular weight is 349 g/mol. The highest BCUT2D eigenvalue weighted by molar-refractivity contribution is 5.76. The number of Topliss-reactive ketones (excluding diaryl/α,β-unsaturated/α-hetero) is 1. The van der Waals surface area contributed by atoms with Crippen molar-refractivity contribution in [2.45, 2.75) is 57.9 Å². The van der Waals surface area contributed by atoms with E-state index in [0.717, 1.165) is 0 Å². The Bertz CT molecular complexity index is 493. The second kappa shape index (κ2) is 7.88. The maximum absolute atomic E-state index is 11.8. The monoisotopic (exact) mass is 349 g/mol. The molecule has 10 heteroatoms. The number of aliphatic hydroxyl groups excluding tert-OH is 3. The SMILES string of the molecule is CC(=O)CC(C)(C)CNC(=O)OC1OC(C(=O)O)C(O)C(O)[C@H]1O. The molecule has 5 N–H and O–H groups in total.